The van der Waals surface area contributed by atoms with Crippen LogP contribution in [-0.4, -0.2) is 53.5 Å². The summed E-state index contributed by atoms with van der Waals surface area (Å²) in [5, 5.41) is 11.1. The number of nitrogens with zero attached hydrogens (tertiary/aromatic N) is 3. The summed E-state index contributed by atoms with van der Waals surface area (Å²) in [6.07, 6.45) is 0. The fraction of sp³-hybridized carbons (Fsp3) is 0.500. The minimum Gasteiger partial charge on any atom is -0.480 e. The summed E-state index contributed by atoms with van der Waals surface area (Å²) in [4.78, 5) is 30.0. The molecule has 7 nitrogen and oxygen atoms in total. The Bertz CT molecular complexity index is 475. The molecule has 1 aromatic rings. The van der Waals surface area contributed by atoms with Crippen molar-refractivity contribution in [3.63, 3.8) is 0 Å². The van der Waals surface area contributed by atoms with Crippen LogP contribution in [0.4, 0.5) is 5.13 Å². The Hall–Kier alpha value is -1.67. The van der Waals surface area contributed by atoms with Crippen molar-refractivity contribution in [2.24, 2.45) is 5.73 Å². The summed E-state index contributed by atoms with van der Waals surface area (Å²) in [6.45, 7) is 1.60. The van der Waals surface area contributed by atoms with Crippen LogP contribution in [0.2, 0.25) is 0 Å². The smallest absolute Gasteiger partial charge is 0.326 e. The Kier molecular flexibility index (Phi) is 3.48. The largest absolute Gasteiger partial charge is 0.480 e. The first kappa shape index (κ1) is 12.8. The van der Waals surface area contributed by atoms with Crippen molar-refractivity contribution in [3.8, 4) is 0 Å². The van der Waals surface area contributed by atoms with E-state index in [1.54, 1.807) is 17.3 Å². The normalized spacial score (nSPS) is 18.0. The van der Waals surface area contributed by atoms with Crippen LogP contribution in [0.25, 0.3) is 0 Å². The molecule has 98 valence electrons. The van der Waals surface area contributed by atoms with Gasteiger partial charge in [0.25, 0.3) is 0 Å². The maximum atomic E-state index is 11.6. The summed E-state index contributed by atoms with van der Waals surface area (Å²) in [6, 6.07) is -1.11. The van der Waals surface area contributed by atoms with Gasteiger partial charge in [0.2, 0.25) is 5.91 Å². The molecule has 1 unspecified atom stereocenters. The van der Waals surface area contributed by atoms with Crippen LogP contribution in [0, 0.1) is 0 Å². The maximum Gasteiger partial charge on any atom is 0.326 e. The van der Waals surface area contributed by atoms with E-state index in [0.29, 0.717) is 23.9 Å². The molecule has 0 aromatic carbocycles. The number of carboxylic acid groups (broad SMARTS) is 1. The molecule has 1 aromatic heterocycles. The summed E-state index contributed by atoms with van der Waals surface area (Å²) in [5.41, 5.74) is 5.81. The summed E-state index contributed by atoms with van der Waals surface area (Å²) in [5.74, 6) is -1.08. The second-order valence-electron chi connectivity index (χ2n) is 4.11. The molecule has 1 aliphatic rings. The van der Waals surface area contributed by atoms with Crippen LogP contribution < -0.4 is 10.6 Å². The minimum atomic E-state index is -1.11. The van der Waals surface area contributed by atoms with Crippen molar-refractivity contribution in [1.82, 2.24) is 9.88 Å². The number of hydrogen-bond donors (Lipinski definition) is 2. The Morgan fingerprint density at radius 3 is 2.94 bits per heavy atom. The van der Waals surface area contributed by atoms with Gasteiger partial charge >= 0.3 is 5.97 Å². The van der Waals surface area contributed by atoms with E-state index in [0.717, 1.165) is 0 Å². The third-order valence-corrected chi connectivity index (χ3v) is 3.74. The van der Waals surface area contributed by atoms with Crippen molar-refractivity contribution in [3.05, 3.63) is 11.1 Å². The molecular formula is C10H14N4O3S. The van der Waals surface area contributed by atoms with E-state index in [9.17, 15) is 9.59 Å². The lowest BCUT2D eigenvalue weighted by molar-refractivity contribution is -0.138. The van der Waals surface area contributed by atoms with Gasteiger partial charge in [-0.25, -0.2) is 4.98 Å². The topological polar surface area (TPSA) is 99.8 Å². The zero-order valence-corrected chi connectivity index (χ0v) is 10.7. The lowest BCUT2D eigenvalue weighted by Gasteiger charge is -2.31. The van der Waals surface area contributed by atoms with Crippen LogP contribution in [0.5, 0.6) is 0 Å². The Morgan fingerprint density at radius 2 is 2.33 bits per heavy atom. The van der Waals surface area contributed by atoms with Gasteiger partial charge in [-0.1, -0.05) is 0 Å². The van der Waals surface area contributed by atoms with Gasteiger partial charge in [0.05, 0.1) is 12.2 Å². The Balaban J connectivity index is 2.11. The number of amides is 1. The van der Waals surface area contributed by atoms with Gasteiger partial charge in [-0.15, -0.1) is 11.3 Å². The number of carbonyl (C=O) groups excluding carboxylic acids is 1. The van der Waals surface area contributed by atoms with Gasteiger partial charge in [-0.2, -0.15) is 0 Å². The molecule has 2 rings (SSSR count). The summed E-state index contributed by atoms with van der Waals surface area (Å²) in [7, 11) is 1.76. The summed E-state index contributed by atoms with van der Waals surface area (Å²) < 4.78 is 0. The number of piperazine rings is 1. The van der Waals surface area contributed by atoms with Crippen molar-refractivity contribution in [2.45, 2.75) is 6.04 Å². The zero-order chi connectivity index (χ0) is 13.3. The number of carbonyl (C=O) groups is 2. The van der Waals surface area contributed by atoms with Crippen LogP contribution in [0.15, 0.2) is 5.38 Å². The third-order valence-electron chi connectivity index (χ3n) is 2.82. The SMILES string of the molecule is CN1CCN(c2nc(C(N)C(=O)O)cs2)CC1=O. The van der Waals surface area contributed by atoms with Crippen molar-refractivity contribution in [1.29, 1.82) is 0 Å². The van der Waals surface area contributed by atoms with Gasteiger partial charge in [-0.05, 0) is 0 Å². The second kappa shape index (κ2) is 4.91. The highest BCUT2D eigenvalue weighted by Crippen LogP contribution is 2.24. The highest BCUT2D eigenvalue weighted by Gasteiger charge is 2.25. The molecule has 1 aliphatic heterocycles. The molecule has 1 amide bonds. The Morgan fingerprint density at radius 1 is 1.61 bits per heavy atom. The maximum absolute atomic E-state index is 11.6. The molecule has 1 atom stereocenters. The lowest BCUT2D eigenvalue weighted by atomic mass is 10.2. The molecule has 0 spiro atoms. The zero-order valence-electron chi connectivity index (χ0n) is 9.87. The average molecular weight is 270 g/mol. The van der Waals surface area contributed by atoms with E-state index in [1.807, 2.05) is 4.90 Å². The summed E-state index contributed by atoms with van der Waals surface area (Å²) >= 11 is 1.31. The first-order valence-corrected chi connectivity index (χ1v) is 6.29. The quantitative estimate of drug-likeness (QED) is 0.768. The number of rotatable bonds is 3. The molecule has 0 bridgehead atoms. The van der Waals surface area contributed by atoms with Gasteiger partial charge in [-0.3, -0.25) is 9.59 Å². The molecule has 18 heavy (non-hydrogen) atoms. The van der Waals surface area contributed by atoms with E-state index in [4.69, 9.17) is 10.8 Å². The monoisotopic (exact) mass is 270 g/mol. The van der Waals surface area contributed by atoms with E-state index >= 15 is 0 Å². The first-order chi connectivity index (χ1) is 8.49. The molecule has 1 saturated heterocycles. The Labute approximate surface area is 108 Å². The van der Waals surface area contributed by atoms with Crippen LogP contribution in [-0.2, 0) is 9.59 Å². The fourth-order valence-electron chi connectivity index (χ4n) is 1.61. The van der Waals surface area contributed by atoms with Crippen molar-refractivity contribution >= 4 is 28.3 Å². The molecule has 3 N–H and O–H groups in total. The second-order valence-corrected chi connectivity index (χ2v) is 4.94. The molecule has 2 heterocycles. The first-order valence-electron chi connectivity index (χ1n) is 5.41. The van der Waals surface area contributed by atoms with Crippen LogP contribution in [0.3, 0.4) is 0 Å². The van der Waals surface area contributed by atoms with Crippen LogP contribution in [0.1, 0.15) is 11.7 Å². The lowest BCUT2D eigenvalue weighted by Crippen LogP contribution is -2.48. The molecule has 8 heteroatoms. The van der Waals surface area contributed by atoms with Gasteiger partial charge < -0.3 is 20.6 Å². The highest BCUT2D eigenvalue weighted by atomic mass is 32.1. The fourth-order valence-corrected chi connectivity index (χ4v) is 2.50. The van der Waals surface area contributed by atoms with Crippen LogP contribution >= 0.6 is 11.3 Å². The van der Waals surface area contributed by atoms with Gasteiger partial charge in [0, 0.05) is 25.5 Å². The number of aliphatic carboxylic acids is 1. The molecular weight excluding hydrogens is 256 g/mol. The number of aromatic nitrogens is 1. The number of likely N-dealkylation sites (N-methyl/N-ethyl adjacent to an activating group) is 1. The molecule has 0 saturated carbocycles. The standard InChI is InChI=1S/C10H14N4O3S/c1-13-2-3-14(4-7(13)15)10-12-6(5-18-10)8(11)9(16)17/h5,8H,2-4,11H2,1H3,(H,16,17). The minimum absolute atomic E-state index is 0.0283. The number of hydrogen-bond acceptors (Lipinski definition) is 6. The van der Waals surface area contributed by atoms with Crippen molar-refractivity contribution in [2.75, 3.05) is 31.6 Å². The molecule has 0 radical (unpaired) electrons. The van der Waals surface area contributed by atoms with E-state index < -0.39 is 12.0 Å². The van der Waals surface area contributed by atoms with E-state index in [1.165, 1.54) is 11.3 Å². The van der Waals surface area contributed by atoms with Gasteiger partial charge in [0.1, 0.15) is 6.04 Å². The average Bonchev–Trinajstić information content (AvgIpc) is 2.81. The number of anilines is 1. The highest BCUT2D eigenvalue weighted by molar-refractivity contribution is 7.13. The van der Waals surface area contributed by atoms with E-state index in [-0.39, 0.29) is 12.5 Å². The van der Waals surface area contributed by atoms with Gasteiger partial charge in [0.15, 0.2) is 5.13 Å². The third kappa shape index (κ3) is 2.44. The predicted molar refractivity (Wildman–Crippen MR) is 66.5 cm³/mol. The molecule has 0 aliphatic carbocycles. The van der Waals surface area contributed by atoms with Crippen molar-refractivity contribution < 1.29 is 14.7 Å². The predicted octanol–water partition coefficient (Wildman–Crippen LogP) is -0.494. The number of nitrogens with two attached hydrogens (primary N) is 1. The molecule has 1 fully saturated rings. The van der Waals surface area contributed by atoms with E-state index in [2.05, 4.69) is 4.98 Å². The number of carboxylic acids is 1. The number of thiazole rings is 1.